The Morgan fingerprint density at radius 2 is 1.59 bits per heavy atom. The van der Waals surface area contributed by atoms with E-state index >= 15 is 0 Å². The number of aryl methyl sites for hydroxylation is 1. The average Bonchev–Trinajstić information content (AvgIpc) is 3.17. The van der Waals surface area contributed by atoms with E-state index in [0.29, 0.717) is 28.4 Å². The lowest BCUT2D eigenvalue weighted by Gasteiger charge is -2.13. The molecule has 1 fully saturated rings. The van der Waals surface area contributed by atoms with Crippen molar-refractivity contribution in [2.45, 2.75) is 6.92 Å². The number of amides is 2. The quantitative estimate of drug-likeness (QED) is 0.212. The normalized spacial score (nSPS) is 14.1. The Morgan fingerprint density at radius 3 is 2.27 bits per heavy atom. The van der Waals surface area contributed by atoms with E-state index < -0.39 is 11.9 Å². The van der Waals surface area contributed by atoms with E-state index in [9.17, 15) is 14.4 Å². The van der Waals surface area contributed by atoms with Gasteiger partial charge in [0.15, 0.2) is 11.5 Å². The minimum Gasteiger partial charge on any atom is -0.497 e. The van der Waals surface area contributed by atoms with Crippen LogP contribution in [0.3, 0.4) is 0 Å². The first-order valence-corrected chi connectivity index (χ1v) is 12.2. The van der Waals surface area contributed by atoms with Gasteiger partial charge in [-0.25, -0.2) is 4.79 Å². The number of ether oxygens (including phenoxy) is 4. The van der Waals surface area contributed by atoms with Gasteiger partial charge in [-0.3, -0.25) is 14.5 Å². The van der Waals surface area contributed by atoms with Crippen molar-refractivity contribution in [1.29, 1.82) is 0 Å². The molecule has 1 aliphatic rings. The van der Waals surface area contributed by atoms with Gasteiger partial charge in [0.2, 0.25) is 0 Å². The van der Waals surface area contributed by atoms with E-state index in [1.807, 2.05) is 31.2 Å². The fourth-order valence-corrected chi connectivity index (χ4v) is 4.35. The molecule has 190 valence electrons. The molecular formula is C28H25NO7S. The van der Waals surface area contributed by atoms with E-state index in [2.05, 4.69) is 0 Å². The summed E-state index contributed by atoms with van der Waals surface area (Å²) in [6.07, 6.45) is 1.58. The first kappa shape index (κ1) is 25.8. The first-order valence-electron chi connectivity index (χ1n) is 11.4. The molecule has 37 heavy (non-hydrogen) atoms. The third-order valence-electron chi connectivity index (χ3n) is 5.49. The van der Waals surface area contributed by atoms with Gasteiger partial charge in [-0.15, -0.1) is 0 Å². The van der Waals surface area contributed by atoms with Gasteiger partial charge in [-0.05, 0) is 78.9 Å². The molecule has 0 bridgehead atoms. The highest BCUT2D eigenvalue weighted by Gasteiger charge is 2.34. The van der Waals surface area contributed by atoms with Gasteiger partial charge in [-0.2, -0.15) is 0 Å². The highest BCUT2D eigenvalue weighted by Crippen LogP contribution is 2.35. The van der Waals surface area contributed by atoms with Crippen LogP contribution in [0.5, 0.6) is 23.0 Å². The Kier molecular flexibility index (Phi) is 8.15. The molecule has 0 aromatic heterocycles. The fourth-order valence-electron chi connectivity index (χ4n) is 3.48. The van der Waals surface area contributed by atoms with E-state index in [1.165, 1.54) is 14.2 Å². The number of carbonyl (C=O) groups is 3. The molecule has 0 unspecified atom stereocenters. The summed E-state index contributed by atoms with van der Waals surface area (Å²) in [7, 11) is 3.00. The van der Waals surface area contributed by atoms with Crippen molar-refractivity contribution in [3.05, 3.63) is 88.3 Å². The zero-order valence-electron chi connectivity index (χ0n) is 20.6. The standard InChI is InChI=1S/C28H25NO7S/c1-18-4-9-22(10-5-18)35-15-14-29-26(30)25(37-28(29)32)17-19-6-13-23(34-3)24(16-19)36-27(31)20-7-11-21(33-2)12-8-20/h4-13,16-17H,14-15H2,1-3H3/b25-17-. The van der Waals surface area contributed by atoms with E-state index in [4.69, 9.17) is 18.9 Å². The second-order valence-electron chi connectivity index (χ2n) is 8.02. The van der Waals surface area contributed by atoms with E-state index in [-0.39, 0.29) is 29.0 Å². The largest absolute Gasteiger partial charge is 0.497 e. The molecule has 1 heterocycles. The summed E-state index contributed by atoms with van der Waals surface area (Å²) in [6, 6.07) is 18.9. The molecule has 0 radical (unpaired) electrons. The summed E-state index contributed by atoms with van der Waals surface area (Å²) in [5, 5.41) is -0.372. The molecule has 4 rings (SSSR count). The van der Waals surface area contributed by atoms with Crippen LogP contribution < -0.4 is 18.9 Å². The number of carbonyl (C=O) groups excluding carboxylic acids is 3. The van der Waals surface area contributed by atoms with Gasteiger partial charge in [-0.1, -0.05) is 23.8 Å². The maximum atomic E-state index is 12.9. The Bertz CT molecular complexity index is 1330. The van der Waals surface area contributed by atoms with Crippen molar-refractivity contribution in [3.8, 4) is 23.0 Å². The predicted octanol–water partition coefficient (Wildman–Crippen LogP) is 5.35. The lowest BCUT2D eigenvalue weighted by atomic mass is 10.1. The summed E-state index contributed by atoms with van der Waals surface area (Å²) in [5.41, 5.74) is 2.02. The molecule has 3 aromatic rings. The van der Waals surface area contributed by atoms with Crippen molar-refractivity contribution in [2.24, 2.45) is 0 Å². The molecule has 0 N–H and O–H groups in total. The molecule has 2 amide bonds. The van der Waals surface area contributed by atoms with Crippen molar-refractivity contribution in [2.75, 3.05) is 27.4 Å². The number of hydrogen-bond acceptors (Lipinski definition) is 8. The number of methoxy groups -OCH3 is 2. The summed E-state index contributed by atoms with van der Waals surface area (Å²) in [5.74, 6) is 0.833. The number of nitrogens with zero attached hydrogens (tertiary/aromatic N) is 1. The highest BCUT2D eigenvalue weighted by atomic mass is 32.2. The molecule has 9 heteroatoms. The lowest BCUT2D eigenvalue weighted by molar-refractivity contribution is -0.123. The number of thioether (sulfide) groups is 1. The van der Waals surface area contributed by atoms with Crippen LogP contribution in [0.2, 0.25) is 0 Å². The smallest absolute Gasteiger partial charge is 0.343 e. The minimum absolute atomic E-state index is 0.128. The van der Waals surface area contributed by atoms with Gasteiger partial charge < -0.3 is 18.9 Å². The van der Waals surface area contributed by atoms with Crippen LogP contribution in [0, 0.1) is 6.92 Å². The highest BCUT2D eigenvalue weighted by molar-refractivity contribution is 8.18. The van der Waals surface area contributed by atoms with Crippen molar-refractivity contribution in [1.82, 2.24) is 4.90 Å². The van der Waals surface area contributed by atoms with E-state index in [1.54, 1.807) is 48.5 Å². The first-order chi connectivity index (χ1) is 17.9. The third kappa shape index (κ3) is 6.31. The van der Waals surface area contributed by atoms with Crippen LogP contribution in [0.1, 0.15) is 21.5 Å². The molecule has 1 aliphatic heterocycles. The molecule has 8 nitrogen and oxygen atoms in total. The third-order valence-corrected chi connectivity index (χ3v) is 6.40. The lowest BCUT2D eigenvalue weighted by Crippen LogP contribution is -2.32. The average molecular weight is 520 g/mol. The summed E-state index contributed by atoms with van der Waals surface area (Å²) >= 11 is 0.847. The Hall–Kier alpha value is -4.24. The summed E-state index contributed by atoms with van der Waals surface area (Å²) in [4.78, 5) is 39.4. The zero-order valence-corrected chi connectivity index (χ0v) is 21.4. The SMILES string of the molecule is COc1ccc(C(=O)Oc2cc(/C=C3\SC(=O)N(CCOc4ccc(C)cc4)C3=O)ccc2OC)cc1. The van der Waals surface area contributed by atoms with Gasteiger partial charge in [0.05, 0.1) is 31.2 Å². The van der Waals surface area contributed by atoms with Crippen LogP contribution in [-0.2, 0) is 4.79 Å². The number of benzene rings is 3. The minimum atomic E-state index is -0.577. The van der Waals surface area contributed by atoms with Gasteiger partial charge >= 0.3 is 5.97 Å². The number of rotatable bonds is 9. The molecule has 0 aliphatic carbocycles. The molecule has 3 aromatic carbocycles. The predicted molar refractivity (Wildman–Crippen MR) is 140 cm³/mol. The van der Waals surface area contributed by atoms with Crippen LogP contribution in [-0.4, -0.2) is 49.4 Å². The number of esters is 1. The van der Waals surface area contributed by atoms with Gasteiger partial charge in [0, 0.05) is 0 Å². The van der Waals surface area contributed by atoms with Crippen LogP contribution in [0.4, 0.5) is 4.79 Å². The second kappa shape index (κ2) is 11.7. The van der Waals surface area contributed by atoms with Gasteiger partial charge in [0.25, 0.3) is 11.1 Å². The van der Waals surface area contributed by atoms with Crippen molar-refractivity contribution in [3.63, 3.8) is 0 Å². The molecule has 1 saturated heterocycles. The maximum absolute atomic E-state index is 12.9. The van der Waals surface area contributed by atoms with Crippen molar-refractivity contribution >= 4 is 35.0 Å². The number of imide groups is 1. The second-order valence-corrected chi connectivity index (χ2v) is 9.02. The Labute approximate surface area is 218 Å². The van der Waals surface area contributed by atoms with Crippen LogP contribution >= 0.6 is 11.8 Å². The topological polar surface area (TPSA) is 91.4 Å². The molecule has 0 atom stereocenters. The Balaban J connectivity index is 1.44. The molecule has 0 saturated carbocycles. The monoisotopic (exact) mass is 519 g/mol. The van der Waals surface area contributed by atoms with Crippen molar-refractivity contribution < 1.29 is 33.3 Å². The summed E-state index contributed by atoms with van der Waals surface area (Å²) in [6.45, 7) is 2.29. The van der Waals surface area contributed by atoms with E-state index in [0.717, 1.165) is 22.2 Å². The van der Waals surface area contributed by atoms with Crippen LogP contribution in [0.25, 0.3) is 6.08 Å². The Morgan fingerprint density at radius 1 is 0.892 bits per heavy atom. The summed E-state index contributed by atoms with van der Waals surface area (Å²) < 4.78 is 21.6. The van der Waals surface area contributed by atoms with Crippen LogP contribution in [0.15, 0.2) is 71.6 Å². The van der Waals surface area contributed by atoms with Gasteiger partial charge in [0.1, 0.15) is 18.1 Å². The zero-order chi connectivity index (χ0) is 26.4. The molecular weight excluding hydrogens is 494 g/mol. The fraction of sp³-hybridized carbons (Fsp3) is 0.179. The number of hydrogen-bond donors (Lipinski definition) is 0. The molecule has 0 spiro atoms. The maximum Gasteiger partial charge on any atom is 0.343 e.